The number of hydrogen-bond acceptors (Lipinski definition) is 5. The number of amides is 2. The largest absolute Gasteiger partial charge is 0.507 e. The Morgan fingerprint density at radius 1 is 0.892 bits per heavy atom. The fraction of sp³-hybridized carbons (Fsp3) is 0.296. The molecule has 0 atom stereocenters. The minimum Gasteiger partial charge on any atom is -0.507 e. The van der Waals surface area contributed by atoms with E-state index in [4.69, 9.17) is 4.74 Å². The molecule has 7 nitrogen and oxygen atoms in total. The van der Waals surface area contributed by atoms with E-state index in [2.05, 4.69) is 15.6 Å². The van der Waals surface area contributed by atoms with Crippen molar-refractivity contribution in [2.45, 2.75) is 52.1 Å². The number of aryl methyl sites for hydroxylation is 1. The standard InChI is InChI=1S/C26H24F3N3O4.CH4/c1-14-2-9-23(33)19(10-14)24(34)31-16-3-5-17(6-4-16)32-25(35)20-11-15(27)13-30-26(20)36-18-7-8-21(28)22(29)12-18;/h2,7-13,16-17,33H,3-6H2,1H3,(H,31,34)(H,32,35);1H4. The molecule has 0 bridgehead atoms. The van der Waals surface area contributed by atoms with E-state index in [1.165, 1.54) is 6.07 Å². The van der Waals surface area contributed by atoms with Gasteiger partial charge in [0.1, 0.15) is 22.9 Å². The number of carbonyl (C=O) groups excluding carboxylic acids is 2. The normalized spacial score (nSPS) is 16.9. The van der Waals surface area contributed by atoms with Crippen LogP contribution < -0.4 is 15.4 Å². The third-order valence-electron chi connectivity index (χ3n) is 5.96. The third-order valence-corrected chi connectivity index (χ3v) is 5.96. The molecule has 0 radical (unpaired) electrons. The predicted molar refractivity (Wildman–Crippen MR) is 131 cm³/mol. The Kier molecular flexibility index (Phi) is 8.75. The Labute approximate surface area is 212 Å². The molecule has 1 saturated carbocycles. The molecule has 0 spiro atoms. The maximum absolute atomic E-state index is 13.8. The summed E-state index contributed by atoms with van der Waals surface area (Å²) in [5.74, 6) is -4.40. The lowest BCUT2D eigenvalue weighted by atomic mass is 9.90. The van der Waals surface area contributed by atoms with Crippen LogP contribution in [0, 0.1) is 24.4 Å². The molecule has 1 fully saturated rings. The highest BCUT2D eigenvalue weighted by atomic mass is 19.2. The summed E-state index contributed by atoms with van der Waals surface area (Å²) in [7, 11) is 0. The van der Waals surface area contributed by atoms with Crippen molar-refractivity contribution >= 4 is 11.8 Å². The lowest BCUT2D eigenvalue weighted by molar-refractivity contribution is 0.0888. The van der Waals surface area contributed by atoms with Crippen LogP contribution in [0.1, 0.15) is 59.4 Å². The average molecular weight is 516 g/mol. The van der Waals surface area contributed by atoms with Gasteiger partial charge in [0.25, 0.3) is 11.8 Å². The van der Waals surface area contributed by atoms with Gasteiger partial charge in [-0.2, -0.15) is 0 Å². The van der Waals surface area contributed by atoms with E-state index in [9.17, 15) is 27.9 Å². The van der Waals surface area contributed by atoms with E-state index in [0.717, 1.165) is 36.0 Å². The van der Waals surface area contributed by atoms with Crippen molar-refractivity contribution in [1.82, 2.24) is 15.6 Å². The van der Waals surface area contributed by atoms with Crippen molar-refractivity contribution in [2.75, 3.05) is 0 Å². The molecule has 0 aliphatic heterocycles. The van der Waals surface area contributed by atoms with Crippen LogP contribution in [-0.4, -0.2) is 34.0 Å². The molecular formula is C27H28F3N3O4. The summed E-state index contributed by atoms with van der Waals surface area (Å²) in [5.41, 5.74) is 0.867. The number of nitrogens with one attached hydrogen (secondary N) is 2. The highest BCUT2D eigenvalue weighted by Gasteiger charge is 2.26. The summed E-state index contributed by atoms with van der Waals surface area (Å²) in [4.78, 5) is 29.2. The second kappa shape index (κ2) is 11.8. The van der Waals surface area contributed by atoms with Crippen LogP contribution in [0.5, 0.6) is 17.4 Å². The number of pyridine rings is 1. The molecule has 4 rings (SSSR count). The molecule has 10 heteroatoms. The number of aromatic hydroxyl groups is 1. The fourth-order valence-corrected chi connectivity index (χ4v) is 4.06. The highest BCUT2D eigenvalue weighted by molar-refractivity contribution is 5.97. The second-order valence-electron chi connectivity index (χ2n) is 8.70. The molecule has 3 N–H and O–H groups in total. The van der Waals surface area contributed by atoms with Gasteiger partial charge in [-0.15, -0.1) is 0 Å². The smallest absolute Gasteiger partial charge is 0.257 e. The summed E-state index contributed by atoms with van der Waals surface area (Å²) >= 11 is 0. The van der Waals surface area contributed by atoms with Gasteiger partial charge >= 0.3 is 0 Å². The SMILES string of the molecule is C.Cc1ccc(O)c(C(=O)NC2CCC(NC(=O)c3cc(F)cnc3Oc3ccc(F)c(F)c3)CC2)c1. The van der Waals surface area contributed by atoms with E-state index in [1.807, 2.05) is 6.92 Å². The zero-order valence-electron chi connectivity index (χ0n) is 19.4. The number of nitrogens with zero attached hydrogens (tertiary/aromatic N) is 1. The topological polar surface area (TPSA) is 101 Å². The molecule has 1 aliphatic rings. The maximum Gasteiger partial charge on any atom is 0.257 e. The number of rotatable bonds is 6. The zero-order chi connectivity index (χ0) is 25.8. The average Bonchev–Trinajstić information content (AvgIpc) is 2.85. The summed E-state index contributed by atoms with van der Waals surface area (Å²) in [6, 6.07) is 8.22. The number of aromatic nitrogens is 1. The second-order valence-corrected chi connectivity index (χ2v) is 8.70. The minimum atomic E-state index is -1.14. The maximum atomic E-state index is 13.8. The molecule has 2 amide bonds. The molecule has 196 valence electrons. The van der Waals surface area contributed by atoms with E-state index < -0.39 is 23.4 Å². The summed E-state index contributed by atoms with van der Waals surface area (Å²) < 4.78 is 45.9. The van der Waals surface area contributed by atoms with E-state index in [1.54, 1.807) is 12.1 Å². The Morgan fingerprint density at radius 3 is 2.14 bits per heavy atom. The summed E-state index contributed by atoms with van der Waals surface area (Å²) in [6.07, 6.45) is 3.13. The van der Waals surface area contributed by atoms with Gasteiger partial charge in [0.2, 0.25) is 5.88 Å². The predicted octanol–water partition coefficient (Wildman–Crippen LogP) is 5.41. The monoisotopic (exact) mass is 515 g/mol. The van der Waals surface area contributed by atoms with E-state index >= 15 is 0 Å². The first-order chi connectivity index (χ1) is 17.2. The number of benzene rings is 2. The lowest BCUT2D eigenvalue weighted by Gasteiger charge is -2.30. The molecule has 1 heterocycles. The first-order valence-corrected chi connectivity index (χ1v) is 11.4. The minimum absolute atomic E-state index is 0. The highest BCUT2D eigenvalue weighted by Crippen LogP contribution is 2.27. The number of phenols is 1. The van der Waals surface area contributed by atoms with Crippen molar-refractivity contribution in [2.24, 2.45) is 0 Å². The molecule has 0 unspecified atom stereocenters. The Hall–Kier alpha value is -4.08. The molecule has 3 aromatic rings. The van der Waals surface area contributed by atoms with Crippen LogP contribution >= 0.6 is 0 Å². The molecule has 37 heavy (non-hydrogen) atoms. The molecule has 2 aromatic carbocycles. The quantitative estimate of drug-likeness (QED) is 0.408. The van der Waals surface area contributed by atoms with E-state index in [-0.39, 0.29) is 53.9 Å². The molecule has 1 aromatic heterocycles. The van der Waals surface area contributed by atoms with Crippen LogP contribution in [0.15, 0.2) is 48.7 Å². The van der Waals surface area contributed by atoms with Gasteiger partial charge in [0.15, 0.2) is 11.6 Å². The number of ether oxygens (including phenoxy) is 1. The zero-order valence-corrected chi connectivity index (χ0v) is 19.4. The number of halogens is 3. The van der Waals surface area contributed by atoms with Crippen LogP contribution in [-0.2, 0) is 0 Å². The van der Waals surface area contributed by atoms with Gasteiger partial charge in [-0.1, -0.05) is 19.1 Å². The van der Waals surface area contributed by atoms with Crippen LogP contribution in [0.4, 0.5) is 13.2 Å². The molecule has 1 aliphatic carbocycles. The molecular weight excluding hydrogens is 487 g/mol. The van der Waals surface area contributed by atoms with Gasteiger partial charge in [-0.05, 0) is 62.9 Å². The first-order valence-electron chi connectivity index (χ1n) is 11.4. The van der Waals surface area contributed by atoms with Crippen molar-refractivity contribution in [3.63, 3.8) is 0 Å². The van der Waals surface area contributed by atoms with Crippen molar-refractivity contribution < 1.29 is 32.6 Å². The van der Waals surface area contributed by atoms with Gasteiger partial charge in [0.05, 0.1) is 11.8 Å². The number of phenolic OH excluding ortho intramolecular Hbond substituents is 1. The molecule has 0 saturated heterocycles. The van der Waals surface area contributed by atoms with Gasteiger partial charge in [-0.3, -0.25) is 9.59 Å². The van der Waals surface area contributed by atoms with Crippen LogP contribution in [0.25, 0.3) is 0 Å². The van der Waals surface area contributed by atoms with Gasteiger partial charge < -0.3 is 20.5 Å². The fourth-order valence-electron chi connectivity index (χ4n) is 4.06. The summed E-state index contributed by atoms with van der Waals surface area (Å²) in [5, 5.41) is 15.7. The van der Waals surface area contributed by atoms with Gasteiger partial charge in [0, 0.05) is 18.2 Å². The lowest BCUT2D eigenvalue weighted by Crippen LogP contribution is -2.44. The number of hydrogen-bond donors (Lipinski definition) is 3. The first kappa shape index (κ1) is 27.5. The van der Waals surface area contributed by atoms with Crippen LogP contribution in [0.2, 0.25) is 0 Å². The number of carbonyl (C=O) groups is 2. The Balaban J connectivity index is 0.00000380. The van der Waals surface area contributed by atoms with Gasteiger partial charge in [-0.25, -0.2) is 18.2 Å². The third kappa shape index (κ3) is 6.78. The van der Waals surface area contributed by atoms with Crippen molar-refractivity contribution in [1.29, 1.82) is 0 Å². The Morgan fingerprint density at radius 2 is 1.51 bits per heavy atom. The van der Waals surface area contributed by atoms with Crippen molar-refractivity contribution in [3.05, 3.63) is 82.8 Å². The van der Waals surface area contributed by atoms with Crippen molar-refractivity contribution in [3.8, 4) is 17.4 Å². The Bertz CT molecular complexity index is 1290. The van der Waals surface area contributed by atoms with E-state index in [0.29, 0.717) is 25.7 Å². The summed E-state index contributed by atoms with van der Waals surface area (Å²) in [6.45, 7) is 1.83. The van der Waals surface area contributed by atoms with Crippen LogP contribution in [0.3, 0.4) is 0 Å².